The van der Waals surface area contributed by atoms with E-state index in [2.05, 4.69) is 108 Å². The standard InChI is InChI=1S/C27H26INO2Si/c1-32(2,3)13-12-19-14-20(16-21(28)15-19)17-29-27(30)31-18-26-24-10-6-4-8-22(24)23-9-5-7-11-25(23)26/h4-11,14-16,26H,17-18H2,1-3H3,(H,29,30). The number of benzene rings is 3. The third-order valence-electron chi connectivity index (χ3n) is 5.32. The van der Waals surface area contributed by atoms with Gasteiger partial charge in [-0.05, 0) is 68.6 Å². The molecule has 0 atom stereocenters. The van der Waals surface area contributed by atoms with Crippen LogP contribution in [0, 0.1) is 15.0 Å². The molecule has 0 unspecified atom stereocenters. The summed E-state index contributed by atoms with van der Waals surface area (Å²) in [5.41, 5.74) is 10.3. The number of amides is 1. The lowest BCUT2D eigenvalue weighted by Crippen LogP contribution is -2.25. The Morgan fingerprint density at radius 3 is 2.25 bits per heavy atom. The molecule has 0 spiro atoms. The minimum atomic E-state index is -1.44. The topological polar surface area (TPSA) is 38.3 Å². The predicted octanol–water partition coefficient (Wildman–Crippen LogP) is 6.56. The zero-order valence-corrected chi connectivity index (χ0v) is 21.7. The fraction of sp³-hybridized carbons (Fsp3) is 0.222. The molecule has 5 heteroatoms. The van der Waals surface area contributed by atoms with Gasteiger partial charge in [0.25, 0.3) is 0 Å². The molecule has 1 aliphatic carbocycles. The summed E-state index contributed by atoms with van der Waals surface area (Å²) in [5, 5.41) is 2.89. The van der Waals surface area contributed by atoms with Crippen molar-refractivity contribution >= 4 is 36.8 Å². The quantitative estimate of drug-likeness (QED) is 0.227. The summed E-state index contributed by atoms with van der Waals surface area (Å²) in [6.07, 6.45) is -0.402. The molecule has 162 valence electrons. The summed E-state index contributed by atoms with van der Waals surface area (Å²) in [5.74, 6) is 3.36. The third-order valence-corrected chi connectivity index (χ3v) is 6.82. The molecule has 0 aliphatic heterocycles. The van der Waals surface area contributed by atoms with Gasteiger partial charge in [0.15, 0.2) is 0 Å². The van der Waals surface area contributed by atoms with Gasteiger partial charge < -0.3 is 10.1 Å². The maximum atomic E-state index is 12.5. The first-order valence-electron chi connectivity index (χ1n) is 10.7. The second-order valence-electron chi connectivity index (χ2n) is 9.03. The highest BCUT2D eigenvalue weighted by Gasteiger charge is 2.28. The van der Waals surface area contributed by atoms with Gasteiger partial charge in [-0.2, -0.15) is 0 Å². The smallest absolute Gasteiger partial charge is 0.407 e. The van der Waals surface area contributed by atoms with Crippen LogP contribution >= 0.6 is 22.6 Å². The molecule has 0 heterocycles. The molecule has 3 nitrogen and oxygen atoms in total. The molecule has 32 heavy (non-hydrogen) atoms. The Bertz CT molecular complexity index is 1170. The van der Waals surface area contributed by atoms with Gasteiger partial charge >= 0.3 is 6.09 Å². The van der Waals surface area contributed by atoms with Gasteiger partial charge in [0.2, 0.25) is 0 Å². The Morgan fingerprint density at radius 2 is 1.62 bits per heavy atom. The van der Waals surface area contributed by atoms with Crippen molar-refractivity contribution in [1.29, 1.82) is 0 Å². The zero-order chi connectivity index (χ0) is 22.7. The SMILES string of the molecule is C[Si](C)(C)C#Cc1cc(I)cc(CNC(=O)OCC2c3ccccc3-c3ccccc32)c1. The average molecular weight is 552 g/mol. The first kappa shape index (κ1) is 22.6. The van der Waals surface area contributed by atoms with Crippen LogP contribution in [0.15, 0.2) is 66.7 Å². The number of halogens is 1. The maximum Gasteiger partial charge on any atom is 0.407 e. The highest BCUT2D eigenvalue weighted by atomic mass is 127. The van der Waals surface area contributed by atoms with E-state index in [0.717, 1.165) is 14.7 Å². The number of fused-ring (bicyclic) bond motifs is 3. The van der Waals surface area contributed by atoms with Crippen molar-refractivity contribution in [3.05, 3.63) is 92.6 Å². The highest BCUT2D eigenvalue weighted by molar-refractivity contribution is 14.1. The van der Waals surface area contributed by atoms with Crippen molar-refractivity contribution in [2.24, 2.45) is 0 Å². The molecule has 0 bridgehead atoms. The van der Waals surface area contributed by atoms with E-state index >= 15 is 0 Å². The fourth-order valence-corrected chi connectivity index (χ4v) is 5.16. The first-order chi connectivity index (χ1) is 15.3. The average Bonchev–Trinajstić information content (AvgIpc) is 3.08. The van der Waals surface area contributed by atoms with Crippen molar-refractivity contribution in [3.8, 4) is 22.6 Å². The summed E-state index contributed by atoms with van der Waals surface area (Å²) in [6.45, 7) is 7.42. The van der Waals surface area contributed by atoms with Crippen LogP contribution < -0.4 is 5.32 Å². The molecule has 0 saturated carbocycles. The number of nitrogens with one attached hydrogen (secondary N) is 1. The summed E-state index contributed by atoms with van der Waals surface area (Å²) in [7, 11) is -1.44. The van der Waals surface area contributed by atoms with E-state index in [4.69, 9.17) is 4.74 Å². The van der Waals surface area contributed by atoms with Crippen LogP contribution in [0.25, 0.3) is 11.1 Å². The molecule has 0 saturated heterocycles. The van der Waals surface area contributed by atoms with Crippen LogP contribution in [0.4, 0.5) is 4.79 Å². The van der Waals surface area contributed by atoms with Gasteiger partial charge in [-0.15, -0.1) is 5.54 Å². The van der Waals surface area contributed by atoms with E-state index in [-0.39, 0.29) is 5.92 Å². The molecular weight excluding hydrogens is 525 g/mol. The number of alkyl carbamates (subject to hydrolysis) is 1. The molecule has 1 aliphatic rings. The second-order valence-corrected chi connectivity index (χ2v) is 15.0. The van der Waals surface area contributed by atoms with Crippen LogP contribution in [-0.2, 0) is 11.3 Å². The van der Waals surface area contributed by atoms with E-state index in [0.29, 0.717) is 13.2 Å². The normalized spacial score (nSPS) is 12.4. The van der Waals surface area contributed by atoms with Crippen molar-refractivity contribution in [2.45, 2.75) is 32.1 Å². The van der Waals surface area contributed by atoms with E-state index in [9.17, 15) is 4.79 Å². The molecule has 4 rings (SSSR count). The number of ether oxygens (including phenoxy) is 1. The van der Waals surface area contributed by atoms with Crippen molar-refractivity contribution in [1.82, 2.24) is 5.32 Å². The molecule has 0 fully saturated rings. The van der Waals surface area contributed by atoms with Crippen LogP contribution in [0.3, 0.4) is 0 Å². The molecular formula is C27H26INO2Si. The summed E-state index contributed by atoms with van der Waals surface area (Å²) < 4.78 is 6.75. The van der Waals surface area contributed by atoms with E-state index in [1.807, 2.05) is 18.2 Å². The minimum Gasteiger partial charge on any atom is -0.449 e. The maximum absolute atomic E-state index is 12.5. The lowest BCUT2D eigenvalue weighted by atomic mass is 9.98. The number of rotatable bonds is 4. The van der Waals surface area contributed by atoms with Crippen molar-refractivity contribution in [2.75, 3.05) is 6.61 Å². The molecule has 0 aromatic heterocycles. The first-order valence-corrected chi connectivity index (χ1v) is 15.3. The summed E-state index contributed by atoms with van der Waals surface area (Å²) in [4.78, 5) is 12.5. The van der Waals surface area contributed by atoms with Crippen LogP contribution in [0.5, 0.6) is 0 Å². The molecule has 3 aromatic carbocycles. The van der Waals surface area contributed by atoms with E-state index < -0.39 is 14.2 Å². The fourth-order valence-electron chi connectivity index (χ4n) is 3.91. The lowest BCUT2D eigenvalue weighted by Gasteiger charge is -2.14. The Kier molecular flexibility index (Phi) is 6.73. The number of hydrogen-bond donors (Lipinski definition) is 1. The zero-order valence-electron chi connectivity index (χ0n) is 18.5. The Hall–Kier alpha value is -2.56. The summed E-state index contributed by atoms with van der Waals surface area (Å²) >= 11 is 2.29. The monoisotopic (exact) mass is 551 g/mol. The highest BCUT2D eigenvalue weighted by Crippen LogP contribution is 2.44. The lowest BCUT2D eigenvalue weighted by molar-refractivity contribution is 0.142. The predicted molar refractivity (Wildman–Crippen MR) is 141 cm³/mol. The van der Waals surface area contributed by atoms with Crippen LogP contribution in [0.2, 0.25) is 19.6 Å². The third kappa shape index (κ3) is 5.43. The molecule has 1 amide bonds. The van der Waals surface area contributed by atoms with Gasteiger partial charge in [-0.3, -0.25) is 0 Å². The van der Waals surface area contributed by atoms with Crippen molar-refractivity contribution in [3.63, 3.8) is 0 Å². The van der Waals surface area contributed by atoms with Gasteiger partial charge in [0.1, 0.15) is 14.7 Å². The van der Waals surface area contributed by atoms with Crippen LogP contribution in [-0.4, -0.2) is 20.8 Å². The minimum absolute atomic E-state index is 0.0641. The summed E-state index contributed by atoms with van der Waals surface area (Å²) in [6, 6.07) is 22.9. The van der Waals surface area contributed by atoms with Crippen LogP contribution in [0.1, 0.15) is 28.2 Å². The molecule has 0 radical (unpaired) electrons. The number of carbonyl (C=O) groups is 1. The van der Waals surface area contributed by atoms with Gasteiger partial charge in [-0.1, -0.05) is 74.1 Å². The molecule has 3 aromatic rings. The Morgan fingerprint density at radius 1 is 1.00 bits per heavy atom. The second kappa shape index (κ2) is 9.51. The van der Waals surface area contributed by atoms with Gasteiger partial charge in [0, 0.05) is 21.6 Å². The van der Waals surface area contributed by atoms with Gasteiger partial charge in [0.05, 0.1) is 0 Å². The van der Waals surface area contributed by atoms with Crippen molar-refractivity contribution < 1.29 is 9.53 Å². The number of hydrogen-bond acceptors (Lipinski definition) is 2. The Labute approximate surface area is 204 Å². The van der Waals surface area contributed by atoms with E-state index in [1.165, 1.54) is 22.3 Å². The van der Waals surface area contributed by atoms with Gasteiger partial charge in [-0.25, -0.2) is 4.79 Å². The van der Waals surface area contributed by atoms with E-state index in [1.54, 1.807) is 0 Å². The number of carbonyl (C=O) groups excluding carboxylic acids is 1. The Balaban J connectivity index is 1.39. The molecule has 1 N–H and O–H groups in total. The largest absolute Gasteiger partial charge is 0.449 e.